The summed E-state index contributed by atoms with van der Waals surface area (Å²) >= 11 is 0. The molecule has 0 spiro atoms. The van der Waals surface area contributed by atoms with Gasteiger partial charge in [0, 0.05) is 51.2 Å². The molecule has 0 radical (unpaired) electrons. The first-order chi connectivity index (χ1) is 15.7. The highest BCUT2D eigenvalue weighted by molar-refractivity contribution is 5.93. The van der Waals surface area contributed by atoms with Gasteiger partial charge in [-0.1, -0.05) is 24.3 Å². The maximum Gasteiger partial charge on any atom is 0.274 e. The predicted molar refractivity (Wildman–Crippen MR) is 123 cm³/mol. The van der Waals surface area contributed by atoms with Crippen molar-refractivity contribution in [2.75, 3.05) is 39.9 Å². The van der Waals surface area contributed by atoms with Crippen molar-refractivity contribution in [3.63, 3.8) is 0 Å². The molecule has 168 valence electrons. The van der Waals surface area contributed by atoms with Crippen LogP contribution < -0.4 is 0 Å². The Morgan fingerprint density at radius 2 is 2.03 bits per heavy atom. The van der Waals surface area contributed by atoms with Gasteiger partial charge in [-0.3, -0.25) is 9.69 Å². The summed E-state index contributed by atoms with van der Waals surface area (Å²) in [4.78, 5) is 22.2. The van der Waals surface area contributed by atoms with Gasteiger partial charge >= 0.3 is 0 Å². The van der Waals surface area contributed by atoms with E-state index in [1.54, 1.807) is 23.9 Å². The number of methoxy groups -OCH3 is 1. The lowest BCUT2D eigenvalue weighted by atomic mass is 9.95. The van der Waals surface area contributed by atoms with Gasteiger partial charge in [-0.25, -0.2) is 9.50 Å². The number of ether oxygens (including phenoxy) is 1. The maximum absolute atomic E-state index is 13.3. The molecule has 5 rings (SSSR count). The Hall–Kier alpha value is -2.77. The number of aromatic nitrogens is 3. The number of hydrogen-bond acceptors (Lipinski definition) is 5. The summed E-state index contributed by atoms with van der Waals surface area (Å²) in [6.45, 7) is 4.02. The standard InChI is InChI=1S/C25H31N5O2/c1-32-13-12-29(25(31)23-16-24-26-9-5-11-30(24)27-23)18-19-6-4-10-28(17-19)22-14-20-7-2-3-8-21(20)15-22/h2-3,5,7-9,11,16,19,22H,4,6,10,12-15,17-18H2,1H3/t19-/m1/s1. The molecule has 1 aliphatic carbocycles. The first-order valence-corrected chi connectivity index (χ1v) is 11.6. The van der Waals surface area contributed by atoms with E-state index in [1.807, 2.05) is 17.2 Å². The lowest BCUT2D eigenvalue weighted by Crippen LogP contribution is -2.47. The second-order valence-electron chi connectivity index (χ2n) is 9.03. The van der Waals surface area contributed by atoms with Gasteiger partial charge in [-0.15, -0.1) is 0 Å². The normalized spacial score (nSPS) is 19.3. The Kier molecular flexibility index (Phi) is 6.19. The fourth-order valence-electron chi connectivity index (χ4n) is 5.26. The number of benzene rings is 1. The van der Waals surface area contributed by atoms with E-state index in [0.29, 0.717) is 36.5 Å². The van der Waals surface area contributed by atoms with E-state index in [0.717, 1.165) is 38.9 Å². The lowest BCUT2D eigenvalue weighted by molar-refractivity contribution is 0.0568. The van der Waals surface area contributed by atoms with Gasteiger partial charge in [-0.2, -0.15) is 5.10 Å². The molecule has 3 heterocycles. The third kappa shape index (κ3) is 4.40. The molecule has 1 fully saturated rings. The minimum absolute atomic E-state index is 0.0436. The van der Waals surface area contributed by atoms with Crippen LogP contribution in [-0.2, 0) is 17.6 Å². The van der Waals surface area contributed by atoms with E-state index in [2.05, 4.69) is 39.2 Å². The molecule has 0 bridgehead atoms. The summed E-state index contributed by atoms with van der Waals surface area (Å²) in [6, 6.07) is 13.0. The van der Waals surface area contributed by atoms with Crippen LogP contribution in [0.4, 0.5) is 0 Å². The summed E-state index contributed by atoms with van der Waals surface area (Å²) in [5, 5.41) is 4.45. The molecular weight excluding hydrogens is 402 g/mol. The highest BCUT2D eigenvalue weighted by Gasteiger charge is 2.32. The van der Waals surface area contributed by atoms with Crippen molar-refractivity contribution >= 4 is 11.6 Å². The number of piperidine rings is 1. The summed E-state index contributed by atoms with van der Waals surface area (Å²) in [7, 11) is 1.68. The van der Waals surface area contributed by atoms with Crippen LogP contribution in [-0.4, -0.2) is 76.2 Å². The molecule has 2 aliphatic rings. The minimum Gasteiger partial charge on any atom is -0.383 e. The zero-order valence-electron chi connectivity index (χ0n) is 18.7. The van der Waals surface area contributed by atoms with Crippen LogP contribution in [0, 0.1) is 5.92 Å². The number of rotatable bonds is 7. The van der Waals surface area contributed by atoms with Crippen molar-refractivity contribution in [2.45, 2.75) is 31.7 Å². The van der Waals surface area contributed by atoms with E-state index in [9.17, 15) is 4.79 Å². The first-order valence-electron chi connectivity index (χ1n) is 11.6. The van der Waals surface area contributed by atoms with Gasteiger partial charge in [0.25, 0.3) is 5.91 Å². The van der Waals surface area contributed by atoms with Gasteiger partial charge in [0.15, 0.2) is 11.3 Å². The zero-order chi connectivity index (χ0) is 21.9. The molecule has 1 aromatic carbocycles. The summed E-state index contributed by atoms with van der Waals surface area (Å²) in [5.74, 6) is 0.418. The fourth-order valence-corrected chi connectivity index (χ4v) is 5.26. The first kappa shape index (κ1) is 21.1. The number of amides is 1. The monoisotopic (exact) mass is 433 g/mol. The van der Waals surface area contributed by atoms with Crippen LogP contribution in [0.2, 0.25) is 0 Å². The topological polar surface area (TPSA) is 63.0 Å². The summed E-state index contributed by atoms with van der Waals surface area (Å²) in [5.41, 5.74) is 4.12. The smallest absolute Gasteiger partial charge is 0.274 e. The molecule has 0 saturated carbocycles. The fraction of sp³-hybridized carbons (Fsp3) is 0.480. The van der Waals surface area contributed by atoms with Crippen LogP contribution in [0.5, 0.6) is 0 Å². The molecule has 1 saturated heterocycles. The van der Waals surface area contributed by atoms with E-state index in [-0.39, 0.29) is 5.91 Å². The zero-order valence-corrected chi connectivity index (χ0v) is 18.7. The SMILES string of the molecule is COCCN(C[C@@H]1CCCN(C2Cc3ccccc3C2)C1)C(=O)c1cc2ncccn2n1. The molecular formula is C25H31N5O2. The van der Waals surface area contributed by atoms with E-state index in [1.165, 1.54) is 17.5 Å². The Labute approximate surface area is 189 Å². The summed E-state index contributed by atoms with van der Waals surface area (Å²) in [6.07, 6.45) is 8.15. The Bertz CT molecular complexity index is 1020. The van der Waals surface area contributed by atoms with Crippen molar-refractivity contribution in [3.05, 3.63) is 65.6 Å². The number of hydrogen-bond donors (Lipinski definition) is 0. The third-order valence-corrected chi connectivity index (χ3v) is 6.88. The largest absolute Gasteiger partial charge is 0.383 e. The van der Waals surface area contributed by atoms with Gasteiger partial charge in [0.1, 0.15) is 0 Å². The molecule has 0 N–H and O–H groups in total. The maximum atomic E-state index is 13.3. The Balaban J connectivity index is 1.26. The number of carbonyl (C=O) groups excluding carboxylic acids is 1. The second kappa shape index (κ2) is 9.38. The van der Waals surface area contributed by atoms with Crippen molar-refractivity contribution in [1.29, 1.82) is 0 Å². The minimum atomic E-state index is -0.0436. The van der Waals surface area contributed by atoms with Crippen LogP contribution >= 0.6 is 0 Å². The second-order valence-corrected chi connectivity index (χ2v) is 9.03. The highest BCUT2D eigenvalue weighted by Crippen LogP contribution is 2.29. The molecule has 7 heteroatoms. The molecule has 3 aromatic rings. The Morgan fingerprint density at radius 1 is 1.22 bits per heavy atom. The molecule has 7 nitrogen and oxygen atoms in total. The number of likely N-dealkylation sites (tertiary alicyclic amines) is 1. The molecule has 32 heavy (non-hydrogen) atoms. The average Bonchev–Trinajstić information content (AvgIpc) is 3.46. The number of fused-ring (bicyclic) bond motifs is 2. The highest BCUT2D eigenvalue weighted by atomic mass is 16.5. The van der Waals surface area contributed by atoms with Gasteiger partial charge in [0.05, 0.1) is 6.61 Å². The van der Waals surface area contributed by atoms with Crippen LogP contribution in [0.15, 0.2) is 48.8 Å². The molecule has 2 aromatic heterocycles. The number of nitrogens with zero attached hydrogens (tertiary/aromatic N) is 5. The van der Waals surface area contributed by atoms with Gasteiger partial charge in [0.2, 0.25) is 0 Å². The predicted octanol–water partition coefficient (Wildman–Crippen LogP) is 2.70. The lowest BCUT2D eigenvalue weighted by Gasteiger charge is -2.38. The molecule has 1 amide bonds. The van der Waals surface area contributed by atoms with Crippen molar-refractivity contribution in [1.82, 2.24) is 24.4 Å². The van der Waals surface area contributed by atoms with E-state index in [4.69, 9.17) is 4.74 Å². The van der Waals surface area contributed by atoms with Crippen LogP contribution in [0.25, 0.3) is 5.65 Å². The van der Waals surface area contributed by atoms with Crippen LogP contribution in [0.1, 0.15) is 34.5 Å². The van der Waals surface area contributed by atoms with Crippen molar-refractivity contribution < 1.29 is 9.53 Å². The average molecular weight is 434 g/mol. The number of carbonyl (C=O) groups is 1. The van der Waals surface area contributed by atoms with Gasteiger partial charge < -0.3 is 9.64 Å². The van der Waals surface area contributed by atoms with E-state index >= 15 is 0 Å². The van der Waals surface area contributed by atoms with Crippen molar-refractivity contribution in [2.24, 2.45) is 5.92 Å². The van der Waals surface area contributed by atoms with E-state index < -0.39 is 0 Å². The van der Waals surface area contributed by atoms with Crippen LogP contribution in [0.3, 0.4) is 0 Å². The van der Waals surface area contributed by atoms with Crippen molar-refractivity contribution in [3.8, 4) is 0 Å². The Morgan fingerprint density at radius 3 is 2.78 bits per heavy atom. The molecule has 0 unspecified atom stereocenters. The van der Waals surface area contributed by atoms with Gasteiger partial charge in [-0.05, 0) is 55.3 Å². The molecule has 1 atom stereocenters. The summed E-state index contributed by atoms with van der Waals surface area (Å²) < 4.78 is 6.96. The molecule has 1 aliphatic heterocycles. The third-order valence-electron chi connectivity index (χ3n) is 6.88. The quantitative estimate of drug-likeness (QED) is 0.573.